The molecule has 6 nitrogen and oxygen atoms in total. The van der Waals surface area contributed by atoms with Crippen molar-refractivity contribution >= 4 is 11.6 Å². The van der Waals surface area contributed by atoms with Crippen molar-refractivity contribution in [3.63, 3.8) is 0 Å². The Labute approximate surface area is 153 Å². The number of amides is 1. The third-order valence-corrected chi connectivity index (χ3v) is 4.08. The zero-order chi connectivity index (χ0) is 19.6. The van der Waals surface area contributed by atoms with Crippen LogP contribution in [-0.4, -0.2) is 25.5 Å². The summed E-state index contributed by atoms with van der Waals surface area (Å²) in [6.07, 6.45) is -1.38. The highest BCUT2D eigenvalue weighted by Crippen LogP contribution is 2.28. The zero-order valence-corrected chi connectivity index (χ0v) is 14.8. The molecule has 3 aromatic rings. The van der Waals surface area contributed by atoms with E-state index in [4.69, 9.17) is 0 Å². The Morgan fingerprint density at radius 1 is 1.22 bits per heavy atom. The number of hydrogen-bond donors (Lipinski definition) is 1. The van der Waals surface area contributed by atoms with Crippen LogP contribution in [0.5, 0.6) is 0 Å². The second-order valence-corrected chi connectivity index (χ2v) is 6.23. The highest BCUT2D eigenvalue weighted by molar-refractivity contribution is 5.90. The van der Waals surface area contributed by atoms with Crippen molar-refractivity contribution in [1.82, 2.24) is 19.6 Å². The predicted octanol–water partition coefficient (Wildman–Crippen LogP) is 3.40. The van der Waals surface area contributed by atoms with Crippen molar-refractivity contribution in [3.05, 3.63) is 65.2 Å². The molecule has 0 fully saturated rings. The van der Waals surface area contributed by atoms with Crippen molar-refractivity contribution in [1.29, 1.82) is 0 Å². The summed E-state index contributed by atoms with van der Waals surface area (Å²) in [5.74, 6) is -0.481. The van der Waals surface area contributed by atoms with Crippen LogP contribution in [0.4, 0.5) is 18.9 Å². The fourth-order valence-corrected chi connectivity index (χ4v) is 2.62. The highest BCUT2D eigenvalue weighted by Gasteiger charge is 2.34. The number of rotatable bonds is 5. The standard InChI is InChI=1S/C18H18F3N5O/c1-12-5-3-4-6-14(12)9-25-10-15(8-22-25)23-17(27)11-26-13(2)7-16(24-26)18(19,20)21/h3-8,10H,9,11H2,1-2H3,(H,23,27). The lowest BCUT2D eigenvalue weighted by atomic mass is 10.1. The molecule has 142 valence electrons. The monoisotopic (exact) mass is 377 g/mol. The summed E-state index contributed by atoms with van der Waals surface area (Å²) in [6, 6.07) is 8.80. The molecule has 0 spiro atoms. The van der Waals surface area contributed by atoms with E-state index in [1.165, 1.54) is 13.1 Å². The largest absolute Gasteiger partial charge is 0.435 e. The average Bonchev–Trinajstić information content (AvgIpc) is 3.16. The third-order valence-electron chi connectivity index (χ3n) is 4.08. The van der Waals surface area contributed by atoms with E-state index in [0.29, 0.717) is 12.2 Å². The summed E-state index contributed by atoms with van der Waals surface area (Å²) < 4.78 is 40.8. The Balaban J connectivity index is 1.63. The first-order valence-electron chi connectivity index (χ1n) is 8.21. The Kier molecular flexibility index (Phi) is 5.02. The van der Waals surface area contributed by atoms with Gasteiger partial charge in [0.15, 0.2) is 5.69 Å². The number of benzene rings is 1. The smallest absolute Gasteiger partial charge is 0.322 e. The molecule has 2 heterocycles. The lowest BCUT2D eigenvalue weighted by molar-refractivity contribution is -0.141. The summed E-state index contributed by atoms with van der Waals surface area (Å²) in [6.45, 7) is 3.71. The second-order valence-electron chi connectivity index (χ2n) is 6.23. The van der Waals surface area contributed by atoms with Crippen LogP contribution in [0.3, 0.4) is 0 Å². The third kappa shape index (κ3) is 4.55. The van der Waals surface area contributed by atoms with Gasteiger partial charge in [0.2, 0.25) is 5.91 Å². The molecule has 0 aliphatic rings. The van der Waals surface area contributed by atoms with E-state index in [0.717, 1.165) is 21.9 Å². The number of anilines is 1. The van der Waals surface area contributed by atoms with Gasteiger partial charge in [-0.25, -0.2) is 0 Å². The summed E-state index contributed by atoms with van der Waals surface area (Å²) in [5.41, 5.74) is 1.94. The normalized spacial score (nSPS) is 11.6. The van der Waals surface area contributed by atoms with Gasteiger partial charge in [-0.3, -0.25) is 14.2 Å². The van der Waals surface area contributed by atoms with Crippen LogP contribution in [0.15, 0.2) is 42.7 Å². The maximum atomic E-state index is 12.7. The van der Waals surface area contributed by atoms with Crippen molar-refractivity contribution in [2.24, 2.45) is 0 Å². The first-order valence-corrected chi connectivity index (χ1v) is 8.21. The molecule has 9 heteroatoms. The number of nitrogens with zero attached hydrogens (tertiary/aromatic N) is 4. The quantitative estimate of drug-likeness (QED) is 0.741. The number of hydrogen-bond acceptors (Lipinski definition) is 3. The average molecular weight is 377 g/mol. The van der Waals surface area contributed by atoms with Gasteiger partial charge < -0.3 is 5.32 Å². The highest BCUT2D eigenvalue weighted by atomic mass is 19.4. The lowest BCUT2D eigenvalue weighted by Gasteiger charge is -2.06. The van der Waals surface area contributed by atoms with E-state index in [2.05, 4.69) is 15.5 Å². The molecule has 2 aromatic heterocycles. The van der Waals surface area contributed by atoms with Crippen molar-refractivity contribution < 1.29 is 18.0 Å². The molecule has 0 aliphatic heterocycles. The summed E-state index contributed by atoms with van der Waals surface area (Å²) in [4.78, 5) is 12.1. The summed E-state index contributed by atoms with van der Waals surface area (Å²) in [7, 11) is 0. The van der Waals surface area contributed by atoms with E-state index in [1.54, 1.807) is 10.9 Å². The molecule has 0 atom stereocenters. The van der Waals surface area contributed by atoms with Gasteiger partial charge in [0.05, 0.1) is 18.4 Å². The van der Waals surface area contributed by atoms with E-state index < -0.39 is 17.8 Å². The van der Waals surface area contributed by atoms with E-state index in [-0.39, 0.29) is 12.2 Å². The molecule has 1 aromatic carbocycles. The van der Waals surface area contributed by atoms with Crippen LogP contribution in [0, 0.1) is 13.8 Å². The lowest BCUT2D eigenvalue weighted by Crippen LogP contribution is -2.20. The summed E-state index contributed by atoms with van der Waals surface area (Å²) in [5, 5.41) is 10.3. The van der Waals surface area contributed by atoms with Crippen molar-refractivity contribution in [2.75, 3.05) is 5.32 Å². The Morgan fingerprint density at radius 3 is 2.63 bits per heavy atom. The number of halogens is 3. The fraction of sp³-hybridized carbons (Fsp3) is 0.278. The molecular weight excluding hydrogens is 359 g/mol. The molecular formula is C18H18F3N5O. The van der Waals surface area contributed by atoms with Crippen molar-refractivity contribution in [3.8, 4) is 0 Å². The van der Waals surface area contributed by atoms with Gasteiger partial charge >= 0.3 is 6.18 Å². The number of carbonyl (C=O) groups is 1. The van der Waals surface area contributed by atoms with Gasteiger partial charge in [0.25, 0.3) is 0 Å². The number of alkyl halides is 3. The molecule has 0 saturated heterocycles. The maximum absolute atomic E-state index is 12.7. The minimum atomic E-state index is -4.54. The Morgan fingerprint density at radius 2 is 1.96 bits per heavy atom. The van der Waals surface area contributed by atoms with Crippen LogP contribution in [-0.2, 0) is 24.1 Å². The van der Waals surface area contributed by atoms with Gasteiger partial charge in [-0.05, 0) is 31.0 Å². The molecule has 0 unspecified atom stereocenters. The Bertz CT molecular complexity index is 958. The van der Waals surface area contributed by atoms with E-state index >= 15 is 0 Å². The predicted molar refractivity (Wildman–Crippen MR) is 93.1 cm³/mol. The molecule has 0 aliphatic carbocycles. The van der Waals surface area contributed by atoms with Crippen LogP contribution in [0.1, 0.15) is 22.5 Å². The topological polar surface area (TPSA) is 64.7 Å². The fourth-order valence-electron chi connectivity index (χ4n) is 2.62. The van der Waals surface area contributed by atoms with Gasteiger partial charge in [0, 0.05) is 11.9 Å². The molecule has 3 rings (SSSR count). The first-order chi connectivity index (χ1) is 12.7. The minimum absolute atomic E-state index is 0.257. The summed E-state index contributed by atoms with van der Waals surface area (Å²) >= 11 is 0. The van der Waals surface area contributed by atoms with E-state index in [9.17, 15) is 18.0 Å². The Hall–Kier alpha value is -3.10. The number of aromatic nitrogens is 4. The molecule has 0 bridgehead atoms. The SMILES string of the molecule is Cc1ccccc1Cn1cc(NC(=O)Cn2nc(C(F)(F)F)cc2C)cn1. The van der Waals surface area contributed by atoms with Crippen LogP contribution < -0.4 is 5.32 Å². The maximum Gasteiger partial charge on any atom is 0.435 e. The van der Waals surface area contributed by atoms with Crippen LogP contribution in [0.25, 0.3) is 0 Å². The van der Waals surface area contributed by atoms with E-state index in [1.807, 2.05) is 31.2 Å². The number of carbonyl (C=O) groups excluding carboxylic acids is 1. The second kappa shape index (κ2) is 7.26. The molecule has 0 saturated carbocycles. The first kappa shape index (κ1) is 18.7. The van der Waals surface area contributed by atoms with Crippen LogP contribution >= 0.6 is 0 Å². The van der Waals surface area contributed by atoms with Gasteiger partial charge in [-0.1, -0.05) is 24.3 Å². The molecule has 1 N–H and O–H groups in total. The minimum Gasteiger partial charge on any atom is -0.322 e. The molecule has 1 amide bonds. The molecule has 27 heavy (non-hydrogen) atoms. The van der Waals surface area contributed by atoms with Gasteiger partial charge in [-0.15, -0.1) is 0 Å². The van der Waals surface area contributed by atoms with Crippen molar-refractivity contribution in [2.45, 2.75) is 33.1 Å². The molecule has 0 radical (unpaired) electrons. The van der Waals surface area contributed by atoms with Gasteiger partial charge in [-0.2, -0.15) is 23.4 Å². The van der Waals surface area contributed by atoms with Crippen LogP contribution in [0.2, 0.25) is 0 Å². The zero-order valence-electron chi connectivity index (χ0n) is 14.8. The van der Waals surface area contributed by atoms with Gasteiger partial charge in [0.1, 0.15) is 6.54 Å². The number of nitrogens with one attached hydrogen (secondary N) is 1. The number of aryl methyl sites for hydroxylation is 2.